The van der Waals surface area contributed by atoms with E-state index in [9.17, 15) is 19.2 Å². The highest BCUT2D eigenvalue weighted by Gasteiger charge is 2.41. The van der Waals surface area contributed by atoms with Crippen LogP contribution < -0.4 is 10.6 Å². The van der Waals surface area contributed by atoms with E-state index in [4.69, 9.17) is 0 Å². The molecule has 8 nitrogen and oxygen atoms in total. The Labute approximate surface area is 164 Å². The van der Waals surface area contributed by atoms with E-state index in [0.29, 0.717) is 11.4 Å². The van der Waals surface area contributed by atoms with E-state index in [1.54, 1.807) is 18.2 Å². The van der Waals surface area contributed by atoms with Gasteiger partial charge in [0.2, 0.25) is 11.8 Å². The number of carbonyl (C=O) groups excluding carboxylic acids is 4. The maximum absolute atomic E-state index is 12.5. The Morgan fingerprint density at radius 3 is 2.25 bits per heavy atom. The monoisotopic (exact) mass is 386 g/mol. The predicted octanol–water partition coefficient (Wildman–Crippen LogP) is 2.34. The molecule has 1 aromatic carbocycles. The van der Waals surface area contributed by atoms with Gasteiger partial charge in [-0.05, 0) is 37.5 Å². The number of carbonyl (C=O) groups is 4. The van der Waals surface area contributed by atoms with Crippen molar-refractivity contribution in [3.8, 4) is 0 Å². The first-order chi connectivity index (χ1) is 13.3. The maximum atomic E-state index is 12.5. The molecule has 1 aliphatic carbocycles. The van der Waals surface area contributed by atoms with Crippen LogP contribution in [0.2, 0.25) is 0 Å². The van der Waals surface area contributed by atoms with Gasteiger partial charge < -0.3 is 15.5 Å². The van der Waals surface area contributed by atoms with Gasteiger partial charge in [-0.25, -0.2) is 4.79 Å². The lowest BCUT2D eigenvalue weighted by molar-refractivity contribution is -0.129. The Bertz CT molecular complexity index is 816. The Morgan fingerprint density at radius 1 is 1.07 bits per heavy atom. The number of benzene rings is 1. The van der Waals surface area contributed by atoms with E-state index in [1.165, 1.54) is 19.0 Å². The second-order valence-electron chi connectivity index (χ2n) is 7.51. The predicted molar refractivity (Wildman–Crippen MR) is 105 cm³/mol. The zero-order valence-corrected chi connectivity index (χ0v) is 16.4. The zero-order chi connectivity index (χ0) is 20.4. The van der Waals surface area contributed by atoms with Crippen molar-refractivity contribution in [3.63, 3.8) is 0 Å². The van der Waals surface area contributed by atoms with E-state index < -0.39 is 18.0 Å². The second kappa shape index (κ2) is 8.00. The van der Waals surface area contributed by atoms with Gasteiger partial charge in [0.05, 0.1) is 6.42 Å². The molecule has 1 atom stereocenters. The van der Waals surface area contributed by atoms with E-state index in [2.05, 4.69) is 10.6 Å². The Kier molecular flexibility index (Phi) is 5.67. The number of nitrogens with one attached hydrogen (secondary N) is 2. The van der Waals surface area contributed by atoms with Crippen molar-refractivity contribution in [1.82, 2.24) is 9.80 Å². The summed E-state index contributed by atoms with van der Waals surface area (Å²) in [6, 6.07) is 4.09. The summed E-state index contributed by atoms with van der Waals surface area (Å²) in [7, 11) is 2.91. The van der Waals surface area contributed by atoms with Crippen molar-refractivity contribution in [2.45, 2.75) is 45.1 Å². The molecule has 150 valence electrons. The molecule has 2 aliphatic rings. The lowest BCUT2D eigenvalue weighted by Crippen LogP contribution is -2.35. The third-order valence-electron chi connectivity index (χ3n) is 5.64. The number of anilines is 2. The minimum absolute atomic E-state index is 0.0174. The molecule has 0 bridgehead atoms. The fraction of sp³-hybridized carbons (Fsp3) is 0.500. The van der Waals surface area contributed by atoms with Gasteiger partial charge in [-0.15, -0.1) is 0 Å². The lowest BCUT2D eigenvalue weighted by Gasteiger charge is -2.18. The van der Waals surface area contributed by atoms with Gasteiger partial charge in [-0.2, -0.15) is 0 Å². The maximum Gasteiger partial charge on any atom is 0.326 e. The smallest absolute Gasteiger partial charge is 0.326 e. The lowest BCUT2D eigenvalue weighted by atomic mass is 10.1. The van der Waals surface area contributed by atoms with Crippen LogP contribution in [0.5, 0.6) is 0 Å². The fourth-order valence-electron chi connectivity index (χ4n) is 3.78. The van der Waals surface area contributed by atoms with Crippen LogP contribution in [0.1, 0.15) is 37.7 Å². The second-order valence-corrected chi connectivity index (χ2v) is 7.51. The van der Waals surface area contributed by atoms with E-state index >= 15 is 0 Å². The Morgan fingerprint density at radius 2 is 1.68 bits per heavy atom. The minimum atomic E-state index is -0.803. The van der Waals surface area contributed by atoms with Crippen molar-refractivity contribution in [3.05, 3.63) is 23.8 Å². The van der Waals surface area contributed by atoms with Crippen LogP contribution in [0, 0.1) is 12.8 Å². The molecule has 0 radical (unpaired) electrons. The SMILES string of the molecule is Cc1c(NC(=O)CC2C(=O)N(C)C(=O)N2C)cccc1NC(=O)C1CCCC1. The van der Waals surface area contributed by atoms with Crippen molar-refractivity contribution in [1.29, 1.82) is 0 Å². The minimum Gasteiger partial charge on any atom is -0.326 e. The number of nitrogens with zero attached hydrogens (tertiary/aromatic N) is 2. The molecule has 0 aromatic heterocycles. The topological polar surface area (TPSA) is 98.8 Å². The summed E-state index contributed by atoms with van der Waals surface area (Å²) >= 11 is 0. The van der Waals surface area contributed by atoms with Gasteiger partial charge in [0.25, 0.3) is 5.91 Å². The van der Waals surface area contributed by atoms with Gasteiger partial charge in [0.15, 0.2) is 0 Å². The first kappa shape index (κ1) is 19.9. The average molecular weight is 386 g/mol. The molecule has 1 unspecified atom stereocenters. The van der Waals surface area contributed by atoms with Gasteiger partial charge in [0, 0.05) is 31.4 Å². The van der Waals surface area contributed by atoms with Crippen LogP contribution in [-0.4, -0.2) is 53.7 Å². The van der Waals surface area contributed by atoms with Crippen molar-refractivity contribution in [2.75, 3.05) is 24.7 Å². The van der Waals surface area contributed by atoms with Gasteiger partial charge in [-0.3, -0.25) is 19.3 Å². The molecular formula is C20H26N4O4. The molecule has 3 rings (SSSR count). The summed E-state index contributed by atoms with van der Waals surface area (Å²) in [5, 5.41) is 5.75. The number of likely N-dealkylation sites (N-methyl/N-ethyl adjacent to an activating group) is 2. The summed E-state index contributed by atoms with van der Waals surface area (Å²) < 4.78 is 0. The number of urea groups is 1. The molecule has 1 saturated carbocycles. The highest BCUT2D eigenvalue weighted by Crippen LogP contribution is 2.29. The van der Waals surface area contributed by atoms with Gasteiger partial charge in [-0.1, -0.05) is 18.9 Å². The van der Waals surface area contributed by atoms with Gasteiger partial charge >= 0.3 is 6.03 Å². The number of amides is 5. The fourth-order valence-corrected chi connectivity index (χ4v) is 3.78. The van der Waals surface area contributed by atoms with E-state index in [-0.39, 0.29) is 24.2 Å². The molecule has 1 saturated heterocycles. The Hall–Kier alpha value is -2.90. The standard InChI is InChI=1S/C20H26N4O4/c1-12-14(9-6-10-15(12)22-18(26)13-7-4-5-8-13)21-17(25)11-16-19(27)24(3)20(28)23(16)2/h6,9-10,13,16H,4-5,7-8,11H2,1-3H3,(H,21,25)(H,22,26). The average Bonchev–Trinajstić information content (AvgIpc) is 3.26. The van der Waals surface area contributed by atoms with Crippen LogP contribution >= 0.6 is 0 Å². The molecule has 2 N–H and O–H groups in total. The molecular weight excluding hydrogens is 360 g/mol. The molecule has 1 aliphatic heterocycles. The number of hydrogen-bond donors (Lipinski definition) is 2. The van der Waals surface area contributed by atoms with E-state index in [0.717, 1.165) is 36.1 Å². The Balaban J connectivity index is 1.65. The van der Waals surface area contributed by atoms with E-state index in [1.807, 2.05) is 6.92 Å². The first-order valence-electron chi connectivity index (χ1n) is 9.54. The molecule has 0 spiro atoms. The third kappa shape index (κ3) is 3.85. The number of hydrogen-bond acceptors (Lipinski definition) is 4. The molecule has 28 heavy (non-hydrogen) atoms. The van der Waals surface area contributed by atoms with Crippen LogP contribution in [0.25, 0.3) is 0 Å². The molecule has 5 amide bonds. The third-order valence-corrected chi connectivity index (χ3v) is 5.64. The van der Waals surface area contributed by atoms with Crippen molar-refractivity contribution >= 4 is 35.1 Å². The molecule has 1 heterocycles. The summed E-state index contributed by atoms with van der Waals surface area (Å²) in [5.74, 6) is -0.687. The van der Waals surface area contributed by atoms with Crippen LogP contribution in [0.4, 0.5) is 16.2 Å². The summed E-state index contributed by atoms with van der Waals surface area (Å²) in [6.45, 7) is 1.82. The molecule has 2 fully saturated rings. The molecule has 8 heteroatoms. The summed E-state index contributed by atoms with van der Waals surface area (Å²) in [5.41, 5.74) is 1.99. The van der Waals surface area contributed by atoms with Crippen LogP contribution in [-0.2, 0) is 14.4 Å². The quantitative estimate of drug-likeness (QED) is 0.759. The normalized spacial score (nSPS) is 20.0. The summed E-state index contributed by atoms with van der Waals surface area (Å²) in [4.78, 5) is 51.1. The highest BCUT2D eigenvalue weighted by molar-refractivity contribution is 6.06. The highest BCUT2D eigenvalue weighted by atomic mass is 16.2. The van der Waals surface area contributed by atoms with Crippen molar-refractivity contribution < 1.29 is 19.2 Å². The number of imide groups is 1. The zero-order valence-electron chi connectivity index (χ0n) is 16.4. The van der Waals surface area contributed by atoms with Gasteiger partial charge in [0.1, 0.15) is 6.04 Å². The molecule has 1 aromatic rings. The van der Waals surface area contributed by atoms with Crippen LogP contribution in [0.15, 0.2) is 18.2 Å². The van der Waals surface area contributed by atoms with Crippen molar-refractivity contribution in [2.24, 2.45) is 5.92 Å². The number of rotatable bonds is 5. The van der Waals surface area contributed by atoms with Crippen LogP contribution in [0.3, 0.4) is 0 Å². The largest absolute Gasteiger partial charge is 0.326 e. The first-order valence-corrected chi connectivity index (χ1v) is 9.54. The summed E-state index contributed by atoms with van der Waals surface area (Å²) in [6.07, 6.45) is 3.87.